The number of aliphatic hydroxyl groups excluding tert-OH is 1. The molecular weight excluding hydrogens is 214 g/mol. The Hall–Kier alpha value is -1.79. The molecule has 0 aliphatic heterocycles. The quantitative estimate of drug-likeness (QED) is 0.716. The van der Waals surface area contributed by atoms with Crippen molar-refractivity contribution in [1.82, 2.24) is 5.32 Å². The number of benzene rings is 1. The van der Waals surface area contributed by atoms with Crippen LogP contribution in [0, 0.1) is 11.8 Å². The van der Waals surface area contributed by atoms with E-state index in [0.717, 1.165) is 5.56 Å². The predicted octanol–water partition coefficient (Wildman–Crippen LogP) is 1.31. The summed E-state index contributed by atoms with van der Waals surface area (Å²) >= 11 is 0. The molecular formula is C14H17NO2. The standard InChI is InChI=1S/C14H17NO2/c1-14(2,3)15-13(17)12(16)10-9-11-7-5-4-6-8-11/h4-8,12,16H,1-3H3,(H,15,17)/t12-/m0/s1. The number of rotatable bonds is 1. The number of hydrogen-bond acceptors (Lipinski definition) is 2. The zero-order valence-electron chi connectivity index (χ0n) is 10.3. The van der Waals surface area contributed by atoms with Crippen molar-refractivity contribution in [2.75, 3.05) is 0 Å². The van der Waals surface area contributed by atoms with Gasteiger partial charge in [0.15, 0.2) is 6.10 Å². The highest BCUT2D eigenvalue weighted by Crippen LogP contribution is 2.00. The lowest BCUT2D eigenvalue weighted by Gasteiger charge is -2.21. The first kappa shape index (κ1) is 13.3. The summed E-state index contributed by atoms with van der Waals surface area (Å²) in [5.74, 6) is 4.79. The zero-order chi connectivity index (χ0) is 12.9. The molecule has 0 aliphatic rings. The third kappa shape index (κ3) is 5.19. The maximum atomic E-state index is 11.5. The molecule has 3 nitrogen and oxygen atoms in total. The number of aliphatic hydroxyl groups is 1. The van der Waals surface area contributed by atoms with E-state index in [2.05, 4.69) is 17.2 Å². The number of carbonyl (C=O) groups excluding carboxylic acids is 1. The fraction of sp³-hybridized carbons (Fsp3) is 0.357. The van der Waals surface area contributed by atoms with Gasteiger partial charge in [-0.3, -0.25) is 4.79 Å². The lowest BCUT2D eigenvalue weighted by molar-refractivity contribution is -0.128. The fourth-order valence-corrected chi connectivity index (χ4v) is 1.18. The third-order valence-electron chi connectivity index (χ3n) is 1.87. The Morgan fingerprint density at radius 3 is 2.41 bits per heavy atom. The molecule has 1 atom stereocenters. The van der Waals surface area contributed by atoms with Gasteiger partial charge >= 0.3 is 0 Å². The van der Waals surface area contributed by atoms with Crippen molar-refractivity contribution >= 4 is 5.91 Å². The molecule has 17 heavy (non-hydrogen) atoms. The van der Waals surface area contributed by atoms with Crippen molar-refractivity contribution < 1.29 is 9.90 Å². The molecule has 0 bridgehead atoms. The van der Waals surface area contributed by atoms with Crippen molar-refractivity contribution in [3.8, 4) is 11.8 Å². The van der Waals surface area contributed by atoms with E-state index >= 15 is 0 Å². The molecule has 0 aliphatic carbocycles. The average molecular weight is 231 g/mol. The maximum Gasteiger partial charge on any atom is 0.261 e. The largest absolute Gasteiger partial charge is 0.372 e. The molecule has 1 rings (SSSR count). The van der Waals surface area contributed by atoms with Crippen LogP contribution in [0.15, 0.2) is 30.3 Å². The fourth-order valence-electron chi connectivity index (χ4n) is 1.18. The van der Waals surface area contributed by atoms with Gasteiger partial charge in [0.25, 0.3) is 5.91 Å². The van der Waals surface area contributed by atoms with Crippen LogP contribution >= 0.6 is 0 Å². The SMILES string of the molecule is CC(C)(C)NC(=O)[C@@H](O)C#Cc1ccccc1. The summed E-state index contributed by atoms with van der Waals surface area (Å²) in [4.78, 5) is 11.5. The number of nitrogens with one attached hydrogen (secondary N) is 1. The van der Waals surface area contributed by atoms with Gasteiger partial charge in [-0.2, -0.15) is 0 Å². The predicted molar refractivity (Wildman–Crippen MR) is 67.2 cm³/mol. The summed E-state index contributed by atoms with van der Waals surface area (Å²) in [7, 11) is 0. The van der Waals surface area contributed by atoms with Crippen LogP contribution in [0.3, 0.4) is 0 Å². The van der Waals surface area contributed by atoms with Gasteiger partial charge in [-0.1, -0.05) is 30.0 Å². The molecule has 2 N–H and O–H groups in total. The molecule has 90 valence electrons. The molecule has 3 heteroatoms. The van der Waals surface area contributed by atoms with E-state index in [9.17, 15) is 9.90 Å². The molecule has 1 aromatic carbocycles. The second kappa shape index (κ2) is 5.51. The Bertz CT molecular complexity index is 435. The highest BCUT2D eigenvalue weighted by Gasteiger charge is 2.18. The van der Waals surface area contributed by atoms with Crippen LogP contribution in [-0.2, 0) is 4.79 Å². The van der Waals surface area contributed by atoms with Crippen LogP contribution in [0.1, 0.15) is 26.3 Å². The minimum absolute atomic E-state index is 0.369. The highest BCUT2D eigenvalue weighted by molar-refractivity contribution is 5.84. The molecule has 0 saturated heterocycles. The van der Waals surface area contributed by atoms with Crippen LogP contribution in [0.4, 0.5) is 0 Å². The maximum absolute atomic E-state index is 11.5. The molecule has 0 unspecified atom stereocenters. The topological polar surface area (TPSA) is 49.3 Å². The van der Waals surface area contributed by atoms with E-state index in [1.807, 2.05) is 51.1 Å². The van der Waals surface area contributed by atoms with Crippen LogP contribution in [0.2, 0.25) is 0 Å². The Kier molecular flexibility index (Phi) is 4.30. The first-order valence-electron chi connectivity index (χ1n) is 5.45. The van der Waals surface area contributed by atoms with Crippen molar-refractivity contribution in [2.24, 2.45) is 0 Å². The van der Waals surface area contributed by atoms with E-state index in [0.29, 0.717) is 0 Å². The molecule has 0 spiro atoms. The highest BCUT2D eigenvalue weighted by atomic mass is 16.3. The van der Waals surface area contributed by atoms with E-state index in [1.165, 1.54) is 0 Å². The van der Waals surface area contributed by atoms with E-state index in [1.54, 1.807) is 0 Å². The van der Waals surface area contributed by atoms with Gasteiger partial charge in [0.1, 0.15) is 0 Å². The number of carbonyl (C=O) groups is 1. The summed E-state index contributed by atoms with van der Waals surface area (Å²) in [5.41, 5.74) is 0.405. The Morgan fingerprint density at radius 2 is 1.88 bits per heavy atom. The first-order chi connectivity index (χ1) is 7.88. The van der Waals surface area contributed by atoms with Gasteiger partial charge in [-0.15, -0.1) is 0 Å². The summed E-state index contributed by atoms with van der Waals surface area (Å²) in [6.45, 7) is 5.55. The van der Waals surface area contributed by atoms with Crippen molar-refractivity contribution in [2.45, 2.75) is 32.4 Å². The van der Waals surface area contributed by atoms with Crippen molar-refractivity contribution in [1.29, 1.82) is 0 Å². The average Bonchev–Trinajstić information content (AvgIpc) is 2.25. The minimum atomic E-state index is -1.30. The van der Waals surface area contributed by atoms with Crippen LogP contribution in [-0.4, -0.2) is 22.7 Å². The second-order valence-corrected chi connectivity index (χ2v) is 4.78. The van der Waals surface area contributed by atoms with Gasteiger partial charge in [-0.05, 0) is 32.9 Å². The van der Waals surface area contributed by atoms with Gasteiger partial charge in [0.2, 0.25) is 0 Å². The Morgan fingerprint density at radius 1 is 1.29 bits per heavy atom. The van der Waals surface area contributed by atoms with Gasteiger partial charge in [0.05, 0.1) is 0 Å². The molecule has 0 heterocycles. The van der Waals surface area contributed by atoms with Crippen LogP contribution in [0.25, 0.3) is 0 Å². The monoisotopic (exact) mass is 231 g/mol. The van der Waals surface area contributed by atoms with Crippen molar-refractivity contribution in [3.05, 3.63) is 35.9 Å². The van der Waals surface area contributed by atoms with Crippen molar-refractivity contribution in [3.63, 3.8) is 0 Å². The molecule has 0 saturated carbocycles. The van der Waals surface area contributed by atoms with Gasteiger partial charge in [0, 0.05) is 11.1 Å². The summed E-state index contributed by atoms with van der Waals surface area (Å²) in [6, 6.07) is 9.23. The minimum Gasteiger partial charge on any atom is -0.372 e. The second-order valence-electron chi connectivity index (χ2n) is 4.78. The molecule has 0 fully saturated rings. The number of amides is 1. The lowest BCUT2D eigenvalue weighted by Crippen LogP contribution is -2.45. The first-order valence-corrected chi connectivity index (χ1v) is 5.45. The molecule has 1 aromatic rings. The Balaban J connectivity index is 2.64. The van der Waals surface area contributed by atoms with E-state index in [4.69, 9.17) is 0 Å². The van der Waals surface area contributed by atoms with Gasteiger partial charge < -0.3 is 10.4 Å². The third-order valence-corrected chi connectivity index (χ3v) is 1.87. The Labute approximate surface area is 102 Å². The number of hydrogen-bond donors (Lipinski definition) is 2. The molecule has 1 amide bonds. The van der Waals surface area contributed by atoms with E-state index < -0.39 is 12.0 Å². The van der Waals surface area contributed by atoms with Crippen LogP contribution < -0.4 is 5.32 Å². The summed E-state index contributed by atoms with van der Waals surface area (Å²) in [5, 5.41) is 12.2. The lowest BCUT2D eigenvalue weighted by atomic mass is 10.1. The molecule has 0 radical (unpaired) electrons. The molecule has 0 aromatic heterocycles. The van der Waals surface area contributed by atoms with Crippen LogP contribution in [0.5, 0.6) is 0 Å². The normalized spacial score (nSPS) is 12.2. The van der Waals surface area contributed by atoms with Gasteiger partial charge in [-0.25, -0.2) is 0 Å². The smallest absolute Gasteiger partial charge is 0.261 e. The summed E-state index contributed by atoms with van der Waals surface area (Å²) < 4.78 is 0. The summed E-state index contributed by atoms with van der Waals surface area (Å²) in [6.07, 6.45) is -1.30. The zero-order valence-corrected chi connectivity index (χ0v) is 10.3. The van der Waals surface area contributed by atoms with E-state index in [-0.39, 0.29) is 5.54 Å².